The number of thiazole rings is 1. The molecule has 5 nitrogen and oxygen atoms in total. The van der Waals surface area contributed by atoms with Crippen molar-refractivity contribution in [1.82, 2.24) is 4.98 Å². The number of rotatable bonds is 9. The highest BCUT2D eigenvalue weighted by molar-refractivity contribution is 7.10. The van der Waals surface area contributed by atoms with Gasteiger partial charge in [0.05, 0.1) is 17.5 Å². The Morgan fingerprint density at radius 1 is 1.28 bits per heavy atom. The average Bonchev–Trinajstić information content (AvgIpc) is 3.11. The van der Waals surface area contributed by atoms with Gasteiger partial charge in [0.25, 0.3) is 0 Å². The van der Waals surface area contributed by atoms with E-state index in [-0.39, 0.29) is 12.3 Å². The van der Waals surface area contributed by atoms with Crippen LogP contribution in [0.25, 0.3) is 12.2 Å². The molecule has 1 heterocycles. The minimum Gasteiger partial charge on any atom is -0.481 e. The van der Waals surface area contributed by atoms with E-state index in [4.69, 9.17) is 4.98 Å². The first-order valence-electron chi connectivity index (χ1n) is 10.2. The van der Waals surface area contributed by atoms with Gasteiger partial charge in [-0.15, -0.1) is 11.3 Å². The molecule has 1 aromatic heterocycles. The molecule has 0 saturated heterocycles. The van der Waals surface area contributed by atoms with Crippen LogP contribution in [0.4, 0.5) is 5.69 Å². The summed E-state index contributed by atoms with van der Waals surface area (Å²) in [4.78, 5) is 28.8. The monoisotopic (exact) mass is 412 g/mol. The number of aliphatic carboxylic acids is 1. The first-order valence-corrected chi connectivity index (χ1v) is 11.1. The van der Waals surface area contributed by atoms with Crippen molar-refractivity contribution in [2.75, 3.05) is 5.32 Å². The molecule has 1 amide bonds. The molecule has 1 aromatic carbocycles. The lowest BCUT2D eigenvalue weighted by Crippen LogP contribution is -2.37. The number of amides is 1. The Kier molecular flexibility index (Phi) is 6.85. The number of anilines is 1. The van der Waals surface area contributed by atoms with E-state index in [2.05, 4.69) is 10.7 Å². The van der Waals surface area contributed by atoms with Crippen LogP contribution in [0.3, 0.4) is 0 Å². The number of nitrogens with one attached hydrogen (secondary N) is 1. The first-order chi connectivity index (χ1) is 14.0. The molecule has 1 aliphatic carbocycles. The summed E-state index contributed by atoms with van der Waals surface area (Å²) in [7, 11) is 0. The molecule has 3 rings (SSSR count). The molecule has 6 heteroatoms. The molecule has 1 aliphatic rings. The maximum absolute atomic E-state index is 12.8. The topological polar surface area (TPSA) is 79.3 Å². The van der Waals surface area contributed by atoms with E-state index in [1.807, 2.05) is 50.3 Å². The third-order valence-corrected chi connectivity index (χ3v) is 6.78. The van der Waals surface area contributed by atoms with E-state index in [9.17, 15) is 14.7 Å². The second kappa shape index (κ2) is 9.35. The highest BCUT2D eigenvalue weighted by atomic mass is 32.1. The predicted octanol–water partition coefficient (Wildman–Crippen LogP) is 5.80. The standard InChI is InChI=1S/C23H28N2O3S/c1-3-23(4-2,14-21(26)27)22(28)24-18-10-5-7-16(13-18)11-12-20-25-19(15-29-20)17-8-6-9-17/h5,7,10-13,15,17H,3-4,6,8-9,14H2,1-2H3,(H,24,28)(H,26,27). The van der Waals surface area contributed by atoms with Crippen molar-refractivity contribution in [2.24, 2.45) is 5.41 Å². The van der Waals surface area contributed by atoms with Gasteiger partial charge in [-0.25, -0.2) is 4.98 Å². The Hall–Kier alpha value is -2.47. The Labute approximate surface area is 175 Å². The van der Waals surface area contributed by atoms with Crippen LogP contribution >= 0.6 is 11.3 Å². The highest BCUT2D eigenvalue weighted by Gasteiger charge is 2.37. The highest BCUT2D eigenvalue weighted by Crippen LogP contribution is 2.37. The largest absolute Gasteiger partial charge is 0.481 e. The quantitative estimate of drug-likeness (QED) is 0.545. The van der Waals surface area contributed by atoms with Crippen LogP contribution in [0.5, 0.6) is 0 Å². The zero-order chi connectivity index (χ0) is 20.9. The number of carboxylic acid groups (broad SMARTS) is 1. The second-order valence-electron chi connectivity index (χ2n) is 7.71. The second-order valence-corrected chi connectivity index (χ2v) is 8.60. The number of nitrogens with zero attached hydrogens (tertiary/aromatic N) is 1. The molecule has 29 heavy (non-hydrogen) atoms. The molecule has 0 aliphatic heterocycles. The van der Waals surface area contributed by atoms with Crippen molar-refractivity contribution < 1.29 is 14.7 Å². The lowest BCUT2D eigenvalue weighted by Gasteiger charge is -2.28. The van der Waals surface area contributed by atoms with Crippen LogP contribution in [0, 0.1) is 5.41 Å². The van der Waals surface area contributed by atoms with E-state index in [1.165, 1.54) is 25.0 Å². The summed E-state index contributed by atoms with van der Waals surface area (Å²) in [5, 5.41) is 15.3. The Morgan fingerprint density at radius 3 is 2.66 bits per heavy atom. The van der Waals surface area contributed by atoms with Gasteiger partial charge in [-0.2, -0.15) is 0 Å². The van der Waals surface area contributed by atoms with Gasteiger partial charge >= 0.3 is 5.97 Å². The van der Waals surface area contributed by atoms with E-state index in [0.29, 0.717) is 24.4 Å². The zero-order valence-corrected chi connectivity index (χ0v) is 17.8. The molecule has 154 valence electrons. The molecule has 1 saturated carbocycles. The smallest absolute Gasteiger partial charge is 0.304 e. The van der Waals surface area contributed by atoms with Crippen molar-refractivity contribution in [1.29, 1.82) is 0 Å². The van der Waals surface area contributed by atoms with Crippen LogP contribution in [0.2, 0.25) is 0 Å². The normalized spacial score (nSPS) is 14.7. The molecule has 0 unspecified atom stereocenters. The summed E-state index contributed by atoms with van der Waals surface area (Å²) in [5.74, 6) is -0.559. The minimum absolute atomic E-state index is 0.168. The molecular formula is C23H28N2O3S. The fraction of sp³-hybridized carbons (Fsp3) is 0.435. The summed E-state index contributed by atoms with van der Waals surface area (Å²) in [6.07, 6.45) is 8.57. The third-order valence-electron chi connectivity index (χ3n) is 5.95. The van der Waals surface area contributed by atoms with Crippen LogP contribution in [0.1, 0.15) is 74.6 Å². The average molecular weight is 413 g/mol. The number of benzene rings is 1. The SMILES string of the molecule is CCC(CC)(CC(=O)O)C(=O)Nc1cccc(C=Cc2nc(C3CCC3)cs2)c1. The van der Waals surface area contributed by atoms with Crippen molar-refractivity contribution >= 4 is 41.1 Å². The van der Waals surface area contributed by atoms with Gasteiger partial charge in [0.15, 0.2) is 0 Å². The van der Waals surface area contributed by atoms with Crippen LogP contribution in [-0.4, -0.2) is 22.0 Å². The van der Waals surface area contributed by atoms with Gasteiger partial charge in [0.1, 0.15) is 5.01 Å². The maximum atomic E-state index is 12.8. The van der Waals surface area contributed by atoms with Gasteiger partial charge in [-0.3, -0.25) is 9.59 Å². The van der Waals surface area contributed by atoms with Crippen molar-refractivity contribution in [3.05, 3.63) is 45.9 Å². The number of carbonyl (C=O) groups is 2. The minimum atomic E-state index is -0.953. The van der Waals surface area contributed by atoms with Gasteiger partial charge in [-0.1, -0.05) is 38.5 Å². The molecule has 0 spiro atoms. The number of hydrogen-bond donors (Lipinski definition) is 2. The molecule has 2 aromatic rings. The fourth-order valence-electron chi connectivity index (χ4n) is 3.61. The van der Waals surface area contributed by atoms with Crippen molar-refractivity contribution in [3.8, 4) is 0 Å². The van der Waals surface area contributed by atoms with Crippen LogP contribution < -0.4 is 5.32 Å². The number of hydrogen-bond acceptors (Lipinski definition) is 4. The molecule has 0 atom stereocenters. The number of carboxylic acids is 1. The Morgan fingerprint density at radius 2 is 2.03 bits per heavy atom. The summed E-state index contributed by atoms with van der Waals surface area (Å²) in [6.45, 7) is 3.72. The van der Waals surface area contributed by atoms with Gasteiger partial charge in [-0.05, 0) is 49.5 Å². The fourth-order valence-corrected chi connectivity index (χ4v) is 4.40. The van der Waals surface area contributed by atoms with Gasteiger partial charge in [0, 0.05) is 17.0 Å². The summed E-state index contributed by atoms with van der Waals surface area (Å²) in [6, 6.07) is 7.57. The molecule has 0 radical (unpaired) electrons. The van der Waals surface area contributed by atoms with E-state index < -0.39 is 11.4 Å². The number of carbonyl (C=O) groups excluding carboxylic acids is 1. The first kappa shape index (κ1) is 21.2. The molecule has 2 N–H and O–H groups in total. The predicted molar refractivity (Wildman–Crippen MR) is 118 cm³/mol. The summed E-state index contributed by atoms with van der Waals surface area (Å²) >= 11 is 1.65. The maximum Gasteiger partial charge on any atom is 0.304 e. The van der Waals surface area contributed by atoms with Crippen LogP contribution in [-0.2, 0) is 9.59 Å². The van der Waals surface area contributed by atoms with E-state index in [0.717, 1.165) is 10.6 Å². The number of aromatic nitrogens is 1. The summed E-state index contributed by atoms with van der Waals surface area (Å²) in [5.41, 5.74) is 1.94. The molecular weight excluding hydrogens is 384 g/mol. The molecule has 1 fully saturated rings. The van der Waals surface area contributed by atoms with Crippen LogP contribution in [0.15, 0.2) is 29.6 Å². The van der Waals surface area contributed by atoms with Crippen molar-refractivity contribution in [2.45, 2.75) is 58.3 Å². The molecule has 0 bridgehead atoms. The lowest BCUT2D eigenvalue weighted by atomic mass is 9.78. The van der Waals surface area contributed by atoms with Gasteiger partial charge in [0.2, 0.25) is 5.91 Å². The third kappa shape index (κ3) is 5.12. The van der Waals surface area contributed by atoms with E-state index >= 15 is 0 Å². The Balaban J connectivity index is 1.69. The van der Waals surface area contributed by atoms with Crippen molar-refractivity contribution in [3.63, 3.8) is 0 Å². The summed E-state index contributed by atoms with van der Waals surface area (Å²) < 4.78 is 0. The van der Waals surface area contributed by atoms with E-state index in [1.54, 1.807) is 11.3 Å². The lowest BCUT2D eigenvalue weighted by molar-refractivity contribution is -0.144. The van der Waals surface area contributed by atoms with Gasteiger partial charge < -0.3 is 10.4 Å². The zero-order valence-electron chi connectivity index (χ0n) is 17.0. The Bertz CT molecular complexity index is 895.